The third kappa shape index (κ3) is 4.00. The Morgan fingerprint density at radius 1 is 1.10 bits per heavy atom. The molecule has 1 aliphatic heterocycles. The van der Waals surface area contributed by atoms with E-state index < -0.39 is 0 Å². The zero-order valence-corrected chi connectivity index (χ0v) is 14.3. The van der Waals surface area contributed by atoms with Crippen molar-refractivity contribution in [2.24, 2.45) is 5.41 Å². The highest BCUT2D eigenvalue weighted by atomic mass is 15.1. The normalized spacial score (nSPS) is 19.5. The van der Waals surface area contributed by atoms with Crippen LogP contribution in [0.15, 0.2) is 24.3 Å². The van der Waals surface area contributed by atoms with Crippen molar-refractivity contribution < 1.29 is 0 Å². The number of nitrogens with one attached hydrogen (secondary N) is 1. The van der Waals surface area contributed by atoms with Gasteiger partial charge in [-0.3, -0.25) is 0 Å². The summed E-state index contributed by atoms with van der Waals surface area (Å²) in [6.45, 7) is 12.6. The van der Waals surface area contributed by atoms with E-state index in [0.29, 0.717) is 11.5 Å². The summed E-state index contributed by atoms with van der Waals surface area (Å²) >= 11 is 0. The quantitative estimate of drug-likeness (QED) is 0.811. The van der Waals surface area contributed by atoms with Crippen LogP contribution in [0.25, 0.3) is 0 Å². The number of hydrogen-bond acceptors (Lipinski definition) is 2. The van der Waals surface area contributed by atoms with E-state index in [9.17, 15) is 0 Å². The average Bonchev–Trinajstić information content (AvgIpc) is 2.54. The molecule has 2 heteroatoms. The number of nitrogens with zero attached hydrogens (tertiary/aromatic N) is 1. The number of piperidine rings is 1. The maximum atomic E-state index is 3.55. The van der Waals surface area contributed by atoms with Crippen LogP contribution in [0.1, 0.15) is 65.0 Å². The molecule has 1 aromatic rings. The van der Waals surface area contributed by atoms with E-state index in [-0.39, 0.29) is 0 Å². The maximum Gasteiger partial charge on any atom is 0.0366 e. The van der Waals surface area contributed by atoms with Crippen LogP contribution >= 0.6 is 0 Å². The summed E-state index contributed by atoms with van der Waals surface area (Å²) in [5.74, 6) is 0. The van der Waals surface area contributed by atoms with Crippen molar-refractivity contribution >= 4 is 5.69 Å². The smallest absolute Gasteiger partial charge is 0.0366 e. The topological polar surface area (TPSA) is 15.3 Å². The summed E-state index contributed by atoms with van der Waals surface area (Å²) < 4.78 is 0. The first kappa shape index (κ1) is 16.4. The van der Waals surface area contributed by atoms with Crippen molar-refractivity contribution in [2.45, 2.75) is 59.4 Å². The summed E-state index contributed by atoms with van der Waals surface area (Å²) in [5, 5.41) is 3.55. The highest BCUT2D eigenvalue weighted by molar-refractivity contribution is 5.48. The minimum atomic E-state index is 0.494. The standard InChI is InChI=1S/C19H32N2/c1-5-18(20-7-3)16-8-10-17(11-9-16)21-14-12-19(4,6-2)13-15-21/h8-11,18,20H,5-7,12-15H2,1-4H3. The molecule has 0 aromatic heterocycles. The molecule has 1 saturated heterocycles. The van der Waals surface area contributed by atoms with Crippen LogP contribution < -0.4 is 10.2 Å². The minimum Gasteiger partial charge on any atom is -0.371 e. The zero-order chi connectivity index (χ0) is 15.3. The van der Waals surface area contributed by atoms with Crippen molar-refractivity contribution in [3.63, 3.8) is 0 Å². The highest BCUT2D eigenvalue weighted by Crippen LogP contribution is 2.35. The van der Waals surface area contributed by atoms with Gasteiger partial charge in [0.05, 0.1) is 0 Å². The number of rotatable bonds is 6. The molecule has 0 bridgehead atoms. The molecule has 0 radical (unpaired) electrons. The molecule has 2 nitrogen and oxygen atoms in total. The van der Waals surface area contributed by atoms with Gasteiger partial charge in [-0.1, -0.05) is 46.2 Å². The van der Waals surface area contributed by atoms with Gasteiger partial charge in [0.2, 0.25) is 0 Å². The number of hydrogen-bond donors (Lipinski definition) is 1. The Morgan fingerprint density at radius 3 is 2.19 bits per heavy atom. The molecular formula is C19H32N2. The average molecular weight is 288 g/mol. The third-order valence-corrected chi connectivity index (χ3v) is 5.34. The lowest BCUT2D eigenvalue weighted by molar-refractivity contribution is 0.238. The minimum absolute atomic E-state index is 0.494. The Kier molecular flexibility index (Phi) is 5.69. The summed E-state index contributed by atoms with van der Waals surface area (Å²) in [5.41, 5.74) is 3.37. The van der Waals surface area contributed by atoms with Crippen molar-refractivity contribution in [3.8, 4) is 0 Å². The lowest BCUT2D eigenvalue weighted by Gasteiger charge is -2.40. The van der Waals surface area contributed by atoms with E-state index in [1.54, 1.807) is 0 Å². The Hall–Kier alpha value is -1.02. The molecule has 0 spiro atoms. The Morgan fingerprint density at radius 2 is 1.71 bits per heavy atom. The van der Waals surface area contributed by atoms with Gasteiger partial charge < -0.3 is 10.2 Å². The second-order valence-corrected chi connectivity index (χ2v) is 6.76. The molecule has 1 atom stereocenters. The third-order valence-electron chi connectivity index (χ3n) is 5.34. The van der Waals surface area contributed by atoms with Crippen LogP contribution in [0.2, 0.25) is 0 Å². The fourth-order valence-corrected chi connectivity index (χ4v) is 3.32. The molecule has 2 rings (SSSR count). The van der Waals surface area contributed by atoms with Crippen LogP contribution in [-0.4, -0.2) is 19.6 Å². The molecule has 0 saturated carbocycles. The monoisotopic (exact) mass is 288 g/mol. The Labute approximate surface area is 130 Å². The molecule has 0 aliphatic carbocycles. The maximum absolute atomic E-state index is 3.55. The van der Waals surface area contributed by atoms with Gasteiger partial charge in [0, 0.05) is 24.8 Å². The van der Waals surface area contributed by atoms with Gasteiger partial charge in [0.1, 0.15) is 0 Å². The van der Waals surface area contributed by atoms with Crippen LogP contribution in [-0.2, 0) is 0 Å². The van der Waals surface area contributed by atoms with E-state index in [1.165, 1.54) is 43.6 Å². The second-order valence-electron chi connectivity index (χ2n) is 6.76. The fraction of sp³-hybridized carbons (Fsp3) is 0.684. The molecule has 118 valence electrons. The van der Waals surface area contributed by atoms with E-state index in [1.807, 2.05) is 0 Å². The molecule has 1 fully saturated rings. The van der Waals surface area contributed by atoms with E-state index >= 15 is 0 Å². The predicted molar refractivity (Wildman–Crippen MR) is 93.0 cm³/mol. The van der Waals surface area contributed by atoms with Crippen molar-refractivity contribution in [1.82, 2.24) is 5.32 Å². The Balaban J connectivity index is 2.00. The summed E-state index contributed by atoms with van der Waals surface area (Å²) in [6, 6.07) is 9.72. The van der Waals surface area contributed by atoms with Gasteiger partial charge >= 0.3 is 0 Å². The first-order valence-electron chi connectivity index (χ1n) is 8.70. The molecular weight excluding hydrogens is 256 g/mol. The van der Waals surface area contributed by atoms with Gasteiger partial charge in [-0.05, 0) is 48.9 Å². The second kappa shape index (κ2) is 7.31. The van der Waals surface area contributed by atoms with Crippen molar-refractivity contribution in [3.05, 3.63) is 29.8 Å². The number of benzene rings is 1. The molecule has 21 heavy (non-hydrogen) atoms. The van der Waals surface area contributed by atoms with Gasteiger partial charge in [0.25, 0.3) is 0 Å². The van der Waals surface area contributed by atoms with Gasteiger partial charge in [-0.15, -0.1) is 0 Å². The lowest BCUT2D eigenvalue weighted by Crippen LogP contribution is -2.38. The first-order chi connectivity index (χ1) is 10.1. The van der Waals surface area contributed by atoms with E-state index in [0.717, 1.165) is 13.0 Å². The van der Waals surface area contributed by atoms with Gasteiger partial charge in [-0.25, -0.2) is 0 Å². The number of anilines is 1. The van der Waals surface area contributed by atoms with Crippen LogP contribution in [0, 0.1) is 5.41 Å². The van der Waals surface area contributed by atoms with Crippen LogP contribution in [0.4, 0.5) is 5.69 Å². The molecule has 1 heterocycles. The van der Waals surface area contributed by atoms with Crippen LogP contribution in [0.3, 0.4) is 0 Å². The van der Waals surface area contributed by atoms with Crippen LogP contribution in [0.5, 0.6) is 0 Å². The van der Waals surface area contributed by atoms with Crippen molar-refractivity contribution in [1.29, 1.82) is 0 Å². The Bertz CT molecular complexity index is 416. The summed E-state index contributed by atoms with van der Waals surface area (Å²) in [4.78, 5) is 2.55. The predicted octanol–water partition coefficient (Wildman–Crippen LogP) is 4.76. The highest BCUT2D eigenvalue weighted by Gasteiger charge is 2.28. The molecule has 1 unspecified atom stereocenters. The molecule has 1 aliphatic rings. The molecule has 1 aromatic carbocycles. The lowest BCUT2D eigenvalue weighted by atomic mass is 9.78. The van der Waals surface area contributed by atoms with E-state index in [4.69, 9.17) is 0 Å². The summed E-state index contributed by atoms with van der Waals surface area (Å²) in [6.07, 6.45) is 5.09. The SMILES string of the molecule is CCNC(CC)c1ccc(N2CCC(C)(CC)CC2)cc1. The first-order valence-corrected chi connectivity index (χ1v) is 8.70. The fourth-order valence-electron chi connectivity index (χ4n) is 3.32. The largest absolute Gasteiger partial charge is 0.371 e. The molecule has 0 amide bonds. The zero-order valence-electron chi connectivity index (χ0n) is 14.3. The van der Waals surface area contributed by atoms with E-state index in [2.05, 4.69) is 62.2 Å². The van der Waals surface area contributed by atoms with Gasteiger partial charge in [-0.2, -0.15) is 0 Å². The molecule has 1 N–H and O–H groups in total. The van der Waals surface area contributed by atoms with Crippen molar-refractivity contribution in [2.75, 3.05) is 24.5 Å². The van der Waals surface area contributed by atoms with Gasteiger partial charge in [0.15, 0.2) is 0 Å². The summed E-state index contributed by atoms with van der Waals surface area (Å²) in [7, 11) is 0.